The van der Waals surface area contributed by atoms with Gasteiger partial charge in [-0.05, 0) is 47.6 Å². The van der Waals surface area contributed by atoms with Gasteiger partial charge >= 0.3 is 0 Å². The van der Waals surface area contributed by atoms with Gasteiger partial charge in [0.2, 0.25) is 0 Å². The number of aromatic nitrogens is 2. The molecular formula is C15H17ClIN3. The lowest BCUT2D eigenvalue weighted by Crippen LogP contribution is -2.05. The van der Waals surface area contributed by atoms with Crippen LogP contribution in [0.2, 0.25) is 5.02 Å². The molecule has 1 aromatic carbocycles. The van der Waals surface area contributed by atoms with E-state index in [9.17, 15) is 0 Å². The summed E-state index contributed by atoms with van der Waals surface area (Å²) in [6, 6.07) is 5.93. The maximum atomic E-state index is 6.20. The number of benzene rings is 1. The van der Waals surface area contributed by atoms with Gasteiger partial charge in [-0.25, -0.2) is 9.97 Å². The van der Waals surface area contributed by atoms with Crippen molar-refractivity contribution in [1.82, 2.24) is 9.97 Å². The predicted molar refractivity (Wildman–Crippen MR) is 93.5 cm³/mol. The van der Waals surface area contributed by atoms with E-state index in [1.54, 1.807) is 0 Å². The maximum Gasteiger partial charge on any atom is 0.161 e. The van der Waals surface area contributed by atoms with Gasteiger partial charge in [0.15, 0.2) is 5.82 Å². The second-order valence-corrected chi connectivity index (χ2v) is 6.11. The summed E-state index contributed by atoms with van der Waals surface area (Å²) in [5, 5.41) is 3.88. The van der Waals surface area contributed by atoms with Gasteiger partial charge in [0.05, 0.1) is 9.26 Å². The Morgan fingerprint density at radius 1 is 1.30 bits per heavy atom. The Kier molecular flexibility index (Phi) is 5.21. The molecule has 0 aliphatic rings. The molecule has 0 fully saturated rings. The Bertz CT molecular complexity index is 629. The number of halogens is 2. The molecule has 0 aliphatic carbocycles. The topological polar surface area (TPSA) is 37.8 Å². The van der Waals surface area contributed by atoms with Crippen LogP contribution >= 0.6 is 34.2 Å². The van der Waals surface area contributed by atoms with Crippen molar-refractivity contribution in [3.63, 3.8) is 0 Å². The molecule has 0 bridgehead atoms. The first-order valence-electron chi connectivity index (χ1n) is 6.57. The zero-order chi connectivity index (χ0) is 14.7. The highest BCUT2D eigenvalue weighted by Crippen LogP contribution is 2.27. The molecule has 0 radical (unpaired) electrons. The molecular weight excluding hydrogens is 385 g/mol. The van der Waals surface area contributed by atoms with Crippen LogP contribution < -0.4 is 5.32 Å². The number of nitrogens with zero attached hydrogens (tertiary/aromatic N) is 2. The van der Waals surface area contributed by atoms with Crippen molar-refractivity contribution in [3.8, 4) is 11.4 Å². The Labute approximate surface area is 138 Å². The minimum atomic E-state index is 0.722. The fourth-order valence-electron chi connectivity index (χ4n) is 1.92. The molecule has 2 rings (SSSR count). The third-order valence-electron chi connectivity index (χ3n) is 3.07. The molecule has 0 amide bonds. The second kappa shape index (κ2) is 6.72. The molecule has 5 heteroatoms. The van der Waals surface area contributed by atoms with Crippen LogP contribution in [0.1, 0.15) is 24.6 Å². The second-order valence-electron chi connectivity index (χ2n) is 4.62. The number of rotatable bonds is 4. The standard InChI is InChI=1S/C15H17ClIN3/c1-4-5-12-13(17)15(18-3)20-14(19-12)10-7-6-9(2)11(16)8-10/h6-8H,4-5H2,1-3H3,(H,18,19,20). The summed E-state index contributed by atoms with van der Waals surface area (Å²) >= 11 is 8.50. The van der Waals surface area contributed by atoms with Gasteiger partial charge < -0.3 is 5.32 Å². The van der Waals surface area contributed by atoms with Gasteiger partial charge in [-0.1, -0.05) is 37.1 Å². The number of hydrogen-bond acceptors (Lipinski definition) is 3. The van der Waals surface area contributed by atoms with Crippen molar-refractivity contribution in [1.29, 1.82) is 0 Å². The molecule has 0 atom stereocenters. The van der Waals surface area contributed by atoms with Gasteiger partial charge in [-0.3, -0.25) is 0 Å². The third kappa shape index (κ3) is 3.23. The molecule has 0 saturated heterocycles. The van der Waals surface area contributed by atoms with Crippen molar-refractivity contribution < 1.29 is 0 Å². The van der Waals surface area contributed by atoms with Crippen LogP contribution in [0.3, 0.4) is 0 Å². The fourth-order valence-corrected chi connectivity index (χ4v) is 2.88. The predicted octanol–water partition coefficient (Wildman–Crippen LogP) is 4.70. The van der Waals surface area contributed by atoms with Crippen molar-refractivity contribution in [3.05, 3.63) is 38.0 Å². The maximum absolute atomic E-state index is 6.20. The molecule has 3 nitrogen and oxygen atoms in total. The van der Waals surface area contributed by atoms with Crippen molar-refractivity contribution in [2.24, 2.45) is 0 Å². The average molecular weight is 402 g/mol. The van der Waals surface area contributed by atoms with Crippen LogP contribution in [0.25, 0.3) is 11.4 Å². The highest BCUT2D eigenvalue weighted by molar-refractivity contribution is 14.1. The molecule has 1 aromatic heterocycles. The van der Waals surface area contributed by atoms with Gasteiger partial charge in [0, 0.05) is 17.6 Å². The lowest BCUT2D eigenvalue weighted by molar-refractivity contribution is 0.868. The van der Waals surface area contributed by atoms with Crippen molar-refractivity contribution >= 4 is 40.0 Å². The monoisotopic (exact) mass is 401 g/mol. The summed E-state index contributed by atoms with van der Waals surface area (Å²) in [4.78, 5) is 9.28. The van der Waals surface area contributed by atoms with Gasteiger partial charge in [0.25, 0.3) is 0 Å². The first kappa shape index (κ1) is 15.5. The van der Waals surface area contributed by atoms with E-state index in [-0.39, 0.29) is 0 Å². The van der Waals surface area contributed by atoms with E-state index < -0.39 is 0 Å². The summed E-state index contributed by atoms with van der Waals surface area (Å²) in [7, 11) is 1.88. The van der Waals surface area contributed by atoms with Crippen molar-refractivity contribution in [2.45, 2.75) is 26.7 Å². The van der Waals surface area contributed by atoms with Gasteiger partial charge in [-0.15, -0.1) is 0 Å². The van der Waals surface area contributed by atoms with E-state index in [1.165, 1.54) is 0 Å². The van der Waals surface area contributed by atoms with E-state index >= 15 is 0 Å². The van der Waals surface area contributed by atoms with Crippen LogP contribution in [-0.4, -0.2) is 17.0 Å². The van der Waals surface area contributed by atoms with Gasteiger partial charge in [-0.2, -0.15) is 0 Å². The molecule has 1 heterocycles. The van der Waals surface area contributed by atoms with Crippen LogP contribution in [-0.2, 0) is 6.42 Å². The van der Waals surface area contributed by atoms with E-state index in [0.29, 0.717) is 0 Å². The van der Waals surface area contributed by atoms with Crippen molar-refractivity contribution in [2.75, 3.05) is 12.4 Å². The SMILES string of the molecule is CCCc1nc(-c2ccc(C)c(Cl)c2)nc(NC)c1I. The minimum Gasteiger partial charge on any atom is -0.372 e. The zero-order valence-electron chi connectivity index (χ0n) is 11.8. The van der Waals surface area contributed by atoms with E-state index in [1.807, 2.05) is 32.2 Å². The van der Waals surface area contributed by atoms with E-state index in [4.69, 9.17) is 16.6 Å². The number of hydrogen-bond donors (Lipinski definition) is 1. The zero-order valence-corrected chi connectivity index (χ0v) is 14.7. The first-order valence-corrected chi connectivity index (χ1v) is 8.03. The molecule has 0 unspecified atom stereocenters. The van der Waals surface area contributed by atoms with E-state index in [0.717, 1.165) is 49.9 Å². The number of nitrogens with one attached hydrogen (secondary N) is 1. The molecule has 0 saturated carbocycles. The largest absolute Gasteiger partial charge is 0.372 e. The van der Waals surface area contributed by atoms with E-state index in [2.05, 4.69) is 39.8 Å². The van der Waals surface area contributed by atoms with Gasteiger partial charge in [0.1, 0.15) is 5.82 Å². The quantitative estimate of drug-likeness (QED) is 0.754. The summed E-state index contributed by atoms with van der Waals surface area (Å²) in [6.45, 7) is 4.14. The molecule has 2 aromatic rings. The Morgan fingerprint density at radius 2 is 2.05 bits per heavy atom. The summed E-state index contributed by atoms with van der Waals surface area (Å²) in [5.41, 5.74) is 3.09. The Balaban J connectivity index is 2.55. The fraction of sp³-hybridized carbons (Fsp3) is 0.333. The molecule has 1 N–H and O–H groups in total. The van der Waals surface area contributed by atoms with Crippen LogP contribution in [0.5, 0.6) is 0 Å². The average Bonchev–Trinajstić information content (AvgIpc) is 2.44. The lowest BCUT2D eigenvalue weighted by Gasteiger charge is -2.11. The normalized spacial score (nSPS) is 10.7. The molecule has 0 aliphatic heterocycles. The smallest absolute Gasteiger partial charge is 0.161 e. The Morgan fingerprint density at radius 3 is 2.65 bits per heavy atom. The lowest BCUT2D eigenvalue weighted by atomic mass is 10.1. The molecule has 0 spiro atoms. The summed E-state index contributed by atoms with van der Waals surface area (Å²) in [5.74, 6) is 1.59. The van der Waals surface area contributed by atoms with Crippen LogP contribution in [0, 0.1) is 10.5 Å². The summed E-state index contributed by atoms with van der Waals surface area (Å²) in [6.07, 6.45) is 2.01. The molecule has 106 valence electrons. The highest BCUT2D eigenvalue weighted by atomic mass is 127. The Hall–Kier alpha value is -0.880. The molecule has 20 heavy (non-hydrogen) atoms. The number of anilines is 1. The third-order valence-corrected chi connectivity index (χ3v) is 4.61. The van der Waals surface area contributed by atoms with Crippen LogP contribution in [0.15, 0.2) is 18.2 Å². The highest BCUT2D eigenvalue weighted by Gasteiger charge is 2.12. The number of aryl methyl sites for hydroxylation is 2. The summed E-state index contributed by atoms with van der Waals surface area (Å²) < 4.78 is 1.09. The van der Waals surface area contributed by atoms with Crippen LogP contribution in [0.4, 0.5) is 5.82 Å². The minimum absolute atomic E-state index is 0.722. The first-order chi connectivity index (χ1) is 9.56.